The molecule has 0 atom stereocenters. The maximum absolute atomic E-state index is 13.3. The van der Waals surface area contributed by atoms with Crippen LogP contribution in [0.2, 0.25) is 0 Å². The van der Waals surface area contributed by atoms with E-state index in [0.29, 0.717) is 30.8 Å². The molecule has 2 heterocycles. The quantitative estimate of drug-likeness (QED) is 0.901. The molecule has 0 unspecified atom stereocenters. The van der Waals surface area contributed by atoms with E-state index in [4.69, 9.17) is 0 Å². The minimum atomic E-state index is -2.50. The van der Waals surface area contributed by atoms with Gasteiger partial charge in [0, 0.05) is 24.7 Å². The number of aliphatic hydroxyl groups is 1. The standard InChI is InChI=1S/C19H25F2N3O/c1-13-10-15(12-14-4-7-19(20,21)8-5-14)22-17(11-13)24-9-6-16(23-24)18(2,3)25/h6,9-11,14,25H,4-5,7-8,12H2,1-3H3. The Hall–Kier alpha value is -1.82. The van der Waals surface area contributed by atoms with E-state index in [2.05, 4.69) is 10.1 Å². The molecule has 0 amide bonds. The molecule has 0 radical (unpaired) electrons. The fraction of sp³-hybridized carbons (Fsp3) is 0.579. The maximum atomic E-state index is 13.3. The molecule has 6 heteroatoms. The highest BCUT2D eigenvalue weighted by Gasteiger charge is 2.34. The fourth-order valence-electron chi connectivity index (χ4n) is 3.32. The average Bonchev–Trinajstić information content (AvgIpc) is 2.99. The third kappa shape index (κ3) is 4.42. The van der Waals surface area contributed by atoms with Gasteiger partial charge in [-0.1, -0.05) is 0 Å². The lowest BCUT2D eigenvalue weighted by Gasteiger charge is -2.28. The highest BCUT2D eigenvalue weighted by molar-refractivity contribution is 5.30. The van der Waals surface area contributed by atoms with Crippen LogP contribution in [0.4, 0.5) is 8.78 Å². The summed E-state index contributed by atoms with van der Waals surface area (Å²) in [5, 5.41) is 14.5. The molecular weight excluding hydrogens is 324 g/mol. The molecule has 4 nitrogen and oxygen atoms in total. The minimum absolute atomic E-state index is 0.0234. The van der Waals surface area contributed by atoms with Crippen LogP contribution >= 0.6 is 0 Å². The molecular formula is C19H25F2N3O. The largest absolute Gasteiger partial charge is 0.384 e. The van der Waals surface area contributed by atoms with Crippen LogP contribution < -0.4 is 0 Å². The molecule has 136 valence electrons. The summed E-state index contributed by atoms with van der Waals surface area (Å²) < 4.78 is 28.3. The van der Waals surface area contributed by atoms with Crippen molar-refractivity contribution in [3.8, 4) is 5.82 Å². The van der Waals surface area contributed by atoms with Crippen LogP contribution in [0, 0.1) is 12.8 Å². The fourth-order valence-corrected chi connectivity index (χ4v) is 3.32. The summed E-state index contributed by atoms with van der Waals surface area (Å²) in [6, 6.07) is 5.71. The van der Waals surface area contributed by atoms with Crippen LogP contribution in [-0.4, -0.2) is 25.8 Å². The molecule has 0 saturated heterocycles. The van der Waals surface area contributed by atoms with Crippen LogP contribution in [0.25, 0.3) is 5.82 Å². The highest BCUT2D eigenvalue weighted by atomic mass is 19.3. The number of hydrogen-bond donors (Lipinski definition) is 1. The van der Waals surface area contributed by atoms with E-state index >= 15 is 0 Å². The Morgan fingerprint density at radius 1 is 1.28 bits per heavy atom. The van der Waals surface area contributed by atoms with Gasteiger partial charge in [0.15, 0.2) is 5.82 Å². The molecule has 0 bridgehead atoms. The Labute approximate surface area is 146 Å². The number of nitrogens with zero attached hydrogens (tertiary/aromatic N) is 3. The SMILES string of the molecule is Cc1cc(CC2CCC(F)(F)CC2)nc(-n2ccc(C(C)(C)O)n2)c1. The van der Waals surface area contributed by atoms with Crippen molar-refractivity contribution in [1.29, 1.82) is 0 Å². The van der Waals surface area contributed by atoms with Gasteiger partial charge in [0.25, 0.3) is 0 Å². The van der Waals surface area contributed by atoms with Crippen LogP contribution in [0.1, 0.15) is 56.5 Å². The lowest BCUT2D eigenvalue weighted by atomic mass is 9.84. The Kier molecular flexibility index (Phi) is 4.66. The van der Waals surface area contributed by atoms with Gasteiger partial charge in [-0.05, 0) is 69.7 Å². The van der Waals surface area contributed by atoms with Crippen molar-refractivity contribution in [2.75, 3.05) is 0 Å². The lowest BCUT2D eigenvalue weighted by Crippen LogP contribution is -2.25. The lowest BCUT2D eigenvalue weighted by molar-refractivity contribution is -0.0457. The van der Waals surface area contributed by atoms with Crippen molar-refractivity contribution in [2.45, 2.75) is 64.4 Å². The summed E-state index contributed by atoms with van der Waals surface area (Å²) >= 11 is 0. The van der Waals surface area contributed by atoms with Gasteiger partial charge < -0.3 is 5.11 Å². The smallest absolute Gasteiger partial charge is 0.248 e. The van der Waals surface area contributed by atoms with Crippen LogP contribution in [-0.2, 0) is 12.0 Å². The zero-order valence-corrected chi connectivity index (χ0v) is 15.0. The Morgan fingerprint density at radius 2 is 1.96 bits per heavy atom. The van der Waals surface area contributed by atoms with E-state index in [0.717, 1.165) is 11.3 Å². The molecule has 2 aromatic rings. The Morgan fingerprint density at radius 3 is 2.56 bits per heavy atom. The number of aromatic nitrogens is 3. The Bertz CT molecular complexity index is 739. The zero-order chi connectivity index (χ0) is 18.2. The van der Waals surface area contributed by atoms with E-state index in [-0.39, 0.29) is 18.8 Å². The molecule has 1 saturated carbocycles. The van der Waals surface area contributed by atoms with Crippen molar-refractivity contribution in [1.82, 2.24) is 14.8 Å². The van der Waals surface area contributed by atoms with Gasteiger partial charge in [-0.15, -0.1) is 0 Å². The first kappa shape index (κ1) is 18.0. The number of aryl methyl sites for hydroxylation is 1. The van der Waals surface area contributed by atoms with E-state index < -0.39 is 11.5 Å². The van der Waals surface area contributed by atoms with Gasteiger partial charge in [0.05, 0.1) is 5.69 Å². The molecule has 1 N–H and O–H groups in total. The second-order valence-electron chi connectivity index (χ2n) is 7.70. The number of halogens is 2. The van der Waals surface area contributed by atoms with Gasteiger partial charge in [0.1, 0.15) is 5.60 Å². The van der Waals surface area contributed by atoms with Gasteiger partial charge in [-0.25, -0.2) is 18.4 Å². The molecule has 1 aliphatic carbocycles. The first-order valence-corrected chi connectivity index (χ1v) is 8.77. The highest BCUT2D eigenvalue weighted by Crippen LogP contribution is 2.37. The van der Waals surface area contributed by atoms with Crippen LogP contribution in [0.5, 0.6) is 0 Å². The zero-order valence-electron chi connectivity index (χ0n) is 15.0. The molecule has 1 fully saturated rings. The molecule has 1 aliphatic rings. The van der Waals surface area contributed by atoms with Gasteiger partial charge >= 0.3 is 0 Å². The summed E-state index contributed by atoms with van der Waals surface area (Å²) in [4.78, 5) is 4.66. The second kappa shape index (κ2) is 6.48. The molecule has 0 spiro atoms. The Balaban J connectivity index is 1.78. The summed E-state index contributed by atoms with van der Waals surface area (Å²) in [5.74, 6) is -1.55. The van der Waals surface area contributed by atoms with Crippen molar-refractivity contribution >= 4 is 0 Å². The summed E-state index contributed by atoms with van der Waals surface area (Å²) in [7, 11) is 0. The molecule has 25 heavy (non-hydrogen) atoms. The van der Waals surface area contributed by atoms with Crippen LogP contribution in [0.15, 0.2) is 24.4 Å². The minimum Gasteiger partial charge on any atom is -0.384 e. The predicted molar refractivity (Wildman–Crippen MR) is 91.9 cm³/mol. The van der Waals surface area contributed by atoms with Crippen molar-refractivity contribution in [2.24, 2.45) is 5.92 Å². The summed E-state index contributed by atoms with van der Waals surface area (Å²) in [6.07, 6.45) is 3.53. The van der Waals surface area contributed by atoms with Gasteiger partial charge in [-0.3, -0.25) is 0 Å². The van der Waals surface area contributed by atoms with E-state index in [9.17, 15) is 13.9 Å². The third-order valence-electron chi connectivity index (χ3n) is 4.79. The number of rotatable bonds is 4. The normalized spacial score (nSPS) is 18.5. The first-order chi connectivity index (χ1) is 11.6. The first-order valence-electron chi connectivity index (χ1n) is 8.77. The third-order valence-corrected chi connectivity index (χ3v) is 4.79. The predicted octanol–water partition coefficient (Wildman–Crippen LogP) is 4.17. The van der Waals surface area contributed by atoms with E-state index in [1.807, 2.05) is 19.1 Å². The summed E-state index contributed by atoms with van der Waals surface area (Å²) in [6.45, 7) is 5.37. The number of pyridine rings is 1. The van der Waals surface area contributed by atoms with Crippen molar-refractivity contribution in [3.05, 3.63) is 41.3 Å². The molecule has 0 aromatic carbocycles. The second-order valence-corrected chi connectivity index (χ2v) is 7.70. The van der Waals surface area contributed by atoms with E-state index in [1.54, 1.807) is 30.8 Å². The average molecular weight is 349 g/mol. The van der Waals surface area contributed by atoms with Crippen molar-refractivity contribution in [3.63, 3.8) is 0 Å². The van der Waals surface area contributed by atoms with Crippen molar-refractivity contribution < 1.29 is 13.9 Å². The molecule has 2 aromatic heterocycles. The number of alkyl halides is 2. The molecule has 0 aliphatic heterocycles. The van der Waals surface area contributed by atoms with Gasteiger partial charge in [-0.2, -0.15) is 5.10 Å². The topological polar surface area (TPSA) is 50.9 Å². The monoisotopic (exact) mass is 349 g/mol. The summed E-state index contributed by atoms with van der Waals surface area (Å²) in [5.41, 5.74) is 1.53. The van der Waals surface area contributed by atoms with Gasteiger partial charge in [0.2, 0.25) is 5.92 Å². The molecule has 3 rings (SSSR count). The maximum Gasteiger partial charge on any atom is 0.248 e. The van der Waals surface area contributed by atoms with E-state index in [1.165, 1.54) is 0 Å². The number of hydrogen-bond acceptors (Lipinski definition) is 3. The van der Waals surface area contributed by atoms with Crippen LogP contribution in [0.3, 0.4) is 0 Å².